The van der Waals surface area contributed by atoms with Gasteiger partial charge in [0.2, 0.25) is 0 Å². The van der Waals surface area contributed by atoms with Gasteiger partial charge >= 0.3 is 6.18 Å². The van der Waals surface area contributed by atoms with Gasteiger partial charge in [0.1, 0.15) is 5.83 Å². The first-order chi connectivity index (χ1) is 7.34. The molecule has 0 fully saturated rings. The molecule has 6 heteroatoms. The predicted molar refractivity (Wildman–Crippen MR) is 48.1 cm³/mol. The van der Waals surface area contributed by atoms with E-state index in [0.29, 0.717) is 12.4 Å². The molecule has 16 heavy (non-hydrogen) atoms. The number of carbonyl (C=O) groups is 1. The van der Waals surface area contributed by atoms with E-state index < -0.39 is 23.7 Å². The van der Waals surface area contributed by atoms with Crippen LogP contribution in [0.2, 0.25) is 0 Å². The fourth-order valence-corrected chi connectivity index (χ4v) is 1.27. The topological polar surface area (TPSA) is 26.3 Å². The van der Waals surface area contributed by atoms with Gasteiger partial charge in [0, 0.05) is 12.8 Å². The number of rotatable bonds is 3. The molecular weight excluding hydrogens is 228 g/mol. The van der Waals surface area contributed by atoms with Crippen molar-refractivity contribution in [2.24, 2.45) is 0 Å². The zero-order valence-electron chi connectivity index (χ0n) is 8.47. The summed E-state index contributed by atoms with van der Waals surface area (Å²) in [7, 11) is 0. The Morgan fingerprint density at radius 2 is 2.06 bits per heavy atom. The molecule has 0 aromatic carbocycles. The lowest BCUT2D eigenvalue weighted by Gasteiger charge is -2.19. The first kappa shape index (κ1) is 12.7. The van der Waals surface area contributed by atoms with Crippen LogP contribution in [0.3, 0.4) is 0 Å². The number of ether oxygens (including phenoxy) is 1. The molecule has 0 radical (unpaired) electrons. The molecule has 90 valence electrons. The zero-order chi connectivity index (χ0) is 12.3. The standard InChI is InChI=1S/C10H10F4O2/c1-6(5-15)16-7-2-3-9(11)8(4-7)10(12,13)14/h4-6H,2-3H2,1H3. The number of carbonyl (C=O) groups excluding carboxylic acids is 1. The molecule has 0 aromatic heterocycles. The fraction of sp³-hybridized carbons (Fsp3) is 0.500. The smallest absolute Gasteiger partial charge is 0.419 e. The number of allylic oxidation sites excluding steroid dienone is 4. The number of halogens is 4. The third-order valence-electron chi connectivity index (χ3n) is 2.02. The second-order valence-electron chi connectivity index (χ2n) is 3.39. The second kappa shape index (κ2) is 4.67. The van der Waals surface area contributed by atoms with Crippen LogP contribution in [0.5, 0.6) is 0 Å². The molecule has 0 aromatic rings. The SMILES string of the molecule is CC(C=O)OC1=CC(C(F)(F)F)=C(F)CC1. The summed E-state index contributed by atoms with van der Waals surface area (Å²) in [5, 5.41) is 0. The van der Waals surface area contributed by atoms with Crippen molar-refractivity contribution in [3.8, 4) is 0 Å². The van der Waals surface area contributed by atoms with Crippen molar-refractivity contribution >= 4 is 6.29 Å². The van der Waals surface area contributed by atoms with Crippen molar-refractivity contribution in [1.29, 1.82) is 0 Å². The second-order valence-corrected chi connectivity index (χ2v) is 3.39. The van der Waals surface area contributed by atoms with Crippen molar-refractivity contribution in [3.05, 3.63) is 23.2 Å². The summed E-state index contributed by atoms with van der Waals surface area (Å²) in [6.07, 6.45) is -4.82. The van der Waals surface area contributed by atoms with Gasteiger partial charge in [-0.3, -0.25) is 4.79 Å². The van der Waals surface area contributed by atoms with Crippen molar-refractivity contribution in [1.82, 2.24) is 0 Å². The van der Waals surface area contributed by atoms with Crippen LogP contribution in [-0.2, 0) is 9.53 Å². The summed E-state index contributed by atoms with van der Waals surface area (Å²) in [6.45, 7) is 1.40. The van der Waals surface area contributed by atoms with Crippen molar-refractivity contribution < 1.29 is 27.1 Å². The van der Waals surface area contributed by atoms with Crippen LogP contribution in [-0.4, -0.2) is 18.6 Å². The van der Waals surface area contributed by atoms with Gasteiger partial charge in [0.15, 0.2) is 12.4 Å². The van der Waals surface area contributed by atoms with Gasteiger partial charge in [-0.05, 0) is 13.0 Å². The van der Waals surface area contributed by atoms with Gasteiger partial charge in [0.25, 0.3) is 0 Å². The molecule has 0 spiro atoms. The lowest BCUT2D eigenvalue weighted by Crippen LogP contribution is -2.17. The maximum absolute atomic E-state index is 12.9. The largest absolute Gasteiger partial charge is 0.488 e. The molecule has 0 saturated carbocycles. The Morgan fingerprint density at radius 1 is 1.44 bits per heavy atom. The van der Waals surface area contributed by atoms with E-state index in [-0.39, 0.29) is 18.6 Å². The van der Waals surface area contributed by atoms with Crippen LogP contribution >= 0.6 is 0 Å². The monoisotopic (exact) mass is 238 g/mol. The molecule has 1 aliphatic carbocycles. The number of hydrogen-bond acceptors (Lipinski definition) is 2. The molecular formula is C10H10F4O2. The molecule has 0 heterocycles. The van der Waals surface area contributed by atoms with Crippen molar-refractivity contribution in [3.63, 3.8) is 0 Å². The van der Waals surface area contributed by atoms with Crippen LogP contribution in [0.25, 0.3) is 0 Å². The van der Waals surface area contributed by atoms with Gasteiger partial charge in [0.05, 0.1) is 11.3 Å². The maximum atomic E-state index is 12.9. The number of hydrogen-bond donors (Lipinski definition) is 0. The summed E-state index contributed by atoms with van der Waals surface area (Å²) >= 11 is 0. The van der Waals surface area contributed by atoms with E-state index in [9.17, 15) is 22.4 Å². The Hall–Kier alpha value is -1.33. The minimum Gasteiger partial charge on any atom is -0.488 e. The van der Waals surface area contributed by atoms with E-state index in [2.05, 4.69) is 0 Å². The van der Waals surface area contributed by atoms with Crippen molar-refractivity contribution in [2.75, 3.05) is 0 Å². The Bertz CT molecular complexity index is 341. The first-order valence-electron chi connectivity index (χ1n) is 4.63. The van der Waals surface area contributed by atoms with E-state index >= 15 is 0 Å². The molecule has 1 unspecified atom stereocenters. The van der Waals surface area contributed by atoms with Crippen LogP contribution in [0.4, 0.5) is 17.6 Å². The Kier molecular flexibility index (Phi) is 3.72. The van der Waals surface area contributed by atoms with E-state index in [4.69, 9.17) is 4.74 Å². The molecule has 1 rings (SSSR count). The Labute approximate surface area is 89.6 Å². The average Bonchev–Trinajstić information content (AvgIpc) is 2.19. The minimum absolute atomic E-state index is 0.0201. The van der Waals surface area contributed by atoms with Gasteiger partial charge in [-0.1, -0.05) is 0 Å². The van der Waals surface area contributed by atoms with Crippen LogP contribution < -0.4 is 0 Å². The van der Waals surface area contributed by atoms with Gasteiger partial charge < -0.3 is 4.74 Å². The molecule has 1 atom stereocenters. The molecule has 0 amide bonds. The van der Waals surface area contributed by atoms with E-state index in [1.807, 2.05) is 0 Å². The van der Waals surface area contributed by atoms with Gasteiger partial charge in [-0.15, -0.1) is 0 Å². The summed E-state index contributed by atoms with van der Waals surface area (Å²) in [6, 6.07) is 0. The molecule has 0 aliphatic heterocycles. The van der Waals surface area contributed by atoms with Gasteiger partial charge in [-0.25, -0.2) is 4.39 Å². The average molecular weight is 238 g/mol. The highest BCUT2D eigenvalue weighted by Crippen LogP contribution is 2.36. The van der Waals surface area contributed by atoms with Crippen molar-refractivity contribution in [2.45, 2.75) is 32.0 Å². The van der Waals surface area contributed by atoms with Crippen LogP contribution in [0, 0.1) is 0 Å². The minimum atomic E-state index is -4.73. The van der Waals surface area contributed by atoms with E-state index in [1.165, 1.54) is 6.92 Å². The molecule has 0 N–H and O–H groups in total. The zero-order valence-corrected chi connectivity index (χ0v) is 8.47. The quantitative estimate of drug-likeness (QED) is 0.558. The van der Waals surface area contributed by atoms with Gasteiger partial charge in [-0.2, -0.15) is 13.2 Å². The first-order valence-corrected chi connectivity index (χ1v) is 4.63. The lowest BCUT2D eigenvalue weighted by atomic mass is 10.0. The summed E-state index contributed by atoms with van der Waals surface area (Å²) < 4.78 is 54.8. The highest BCUT2D eigenvalue weighted by Gasteiger charge is 2.37. The number of aldehydes is 1. The molecule has 2 nitrogen and oxygen atoms in total. The third kappa shape index (κ3) is 3.08. The summed E-state index contributed by atoms with van der Waals surface area (Å²) in [5.74, 6) is -1.22. The predicted octanol–water partition coefficient (Wildman–Crippen LogP) is 3.05. The fourth-order valence-electron chi connectivity index (χ4n) is 1.27. The maximum Gasteiger partial charge on any atom is 0.419 e. The molecule has 0 saturated heterocycles. The lowest BCUT2D eigenvalue weighted by molar-refractivity contribution is -0.115. The highest BCUT2D eigenvalue weighted by molar-refractivity contribution is 5.55. The summed E-state index contributed by atoms with van der Waals surface area (Å²) in [5.41, 5.74) is -1.33. The van der Waals surface area contributed by atoms with Crippen LogP contribution in [0.1, 0.15) is 19.8 Å². The highest BCUT2D eigenvalue weighted by atomic mass is 19.4. The summed E-state index contributed by atoms with van der Waals surface area (Å²) in [4.78, 5) is 10.3. The normalized spacial score (nSPS) is 19.2. The third-order valence-corrected chi connectivity index (χ3v) is 2.02. The Morgan fingerprint density at radius 3 is 2.56 bits per heavy atom. The Balaban J connectivity index is 2.88. The van der Waals surface area contributed by atoms with E-state index in [0.717, 1.165) is 0 Å². The van der Waals surface area contributed by atoms with Crippen LogP contribution in [0.15, 0.2) is 23.2 Å². The molecule has 1 aliphatic rings. The van der Waals surface area contributed by atoms with E-state index in [1.54, 1.807) is 0 Å². The molecule has 0 bridgehead atoms. The number of alkyl halides is 3.